The first-order chi connectivity index (χ1) is 37.2. The minimum atomic E-state index is 1.06. The van der Waals surface area contributed by atoms with Crippen LogP contribution in [0.25, 0.3) is 111 Å². The molecule has 352 valence electrons. The van der Waals surface area contributed by atoms with Gasteiger partial charge in [0.15, 0.2) is 0 Å². The molecule has 13 rings (SSSR count). The fourth-order valence-corrected chi connectivity index (χ4v) is 11.1. The Morgan fingerprint density at radius 2 is 0.560 bits per heavy atom. The Bertz CT molecular complexity index is 4110. The summed E-state index contributed by atoms with van der Waals surface area (Å²) in [5, 5.41) is 4.96. The molecule has 0 aromatic heterocycles. The molecule has 0 saturated carbocycles. The van der Waals surface area contributed by atoms with Gasteiger partial charge in [0.2, 0.25) is 0 Å². The zero-order chi connectivity index (χ0) is 49.9. The minimum Gasteiger partial charge on any atom is -0.310 e. The van der Waals surface area contributed by atoms with Crippen molar-refractivity contribution in [3.05, 3.63) is 309 Å². The Morgan fingerprint density at radius 1 is 0.173 bits per heavy atom. The standard InChI is InChI=1S/C74H51N/c1-7-22-52(23-8-1)61-42-47-72(70(50-61)56-28-13-4-14-29-56)75(63-43-38-53(39-44-63)60-40-45-65(54-24-9-2-10-25-54)69(49-60)55-26-11-3-12-27-55)64-35-21-34-59(48-64)62-41-46-67-66-36-19-20-37-68(66)73(57-30-15-5-16-31-57)74(71(67)51-62)58-32-17-6-18-33-58/h1-51H. The van der Waals surface area contributed by atoms with Gasteiger partial charge < -0.3 is 4.90 Å². The predicted octanol–water partition coefficient (Wildman–Crippen LogP) is 20.8. The van der Waals surface area contributed by atoms with E-state index >= 15 is 0 Å². The summed E-state index contributed by atoms with van der Waals surface area (Å²) in [6, 6.07) is 113. The van der Waals surface area contributed by atoms with Crippen molar-refractivity contribution >= 4 is 38.6 Å². The molecular weight excluding hydrogens is 903 g/mol. The van der Waals surface area contributed by atoms with Crippen molar-refractivity contribution in [2.75, 3.05) is 4.90 Å². The second-order valence-corrected chi connectivity index (χ2v) is 19.2. The lowest BCUT2D eigenvalue weighted by Gasteiger charge is -2.29. The number of benzene rings is 13. The van der Waals surface area contributed by atoms with E-state index < -0.39 is 0 Å². The van der Waals surface area contributed by atoms with Gasteiger partial charge in [-0.15, -0.1) is 0 Å². The van der Waals surface area contributed by atoms with Gasteiger partial charge >= 0.3 is 0 Å². The molecule has 0 N–H and O–H groups in total. The molecule has 0 aliphatic carbocycles. The molecule has 1 heteroatoms. The van der Waals surface area contributed by atoms with Crippen LogP contribution >= 0.6 is 0 Å². The molecule has 0 heterocycles. The molecule has 13 aromatic carbocycles. The second kappa shape index (κ2) is 20.0. The van der Waals surface area contributed by atoms with E-state index in [-0.39, 0.29) is 0 Å². The Hall–Kier alpha value is -9.82. The normalized spacial score (nSPS) is 11.2. The molecule has 1 nitrogen and oxygen atoms in total. The average molecular weight is 954 g/mol. The van der Waals surface area contributed by atoms with Crippen LogP contribution in [0.5, 0.6) is 0 Å². The van der Waals surface area contributed by atoms with Crippen LogP contribution < -0.4 is 4.90 Å². The Kier molecular flexibility index (Phi) is 12.0. The molecule has 0 bridgehead atoms. The van der Waals surface area contributed by atoms with E-state index in [9.17, 15) is 0 Å². The Balaban J connectivity index is 0.986. The molecule has 13 aromatic rings. The molecule has 0 aliphatic rings. The van der Waals surface area contributed by atoms with Crippen LogP contribution in [0.3, 0.4) is 0 Å². The third-order valence-corrected chi connectivity index (χ3v) is 14.7. The van der Waals surface area contributed by atoms with Crippen LogP contribution in [0.2, 0.25) is 0 Å². The summed E-state index contributed by atoms with van der Waals surface area (Å²) >= 11 is 0. The van der Waals surface area contributed by atoms with Crippen molar-refractivity contribution in [2.45, 2.75) is 0 Å². The lowest BCUT2D eigenvalue weighted by molar-refractivity contribution is 1.28. The van der Waals surface area contributed by atoms with E-state index in [4.69, 9.17) is 0 Å². The third kappa shape index (κ3) is 8.77. The van der Waals surface area contributed by atoms with E-state index in [1.54, 1.807) is 0 Å². The van der Waals surface area contributed by atoms with E-state index in [1.807, 2.05) is 0 Å². The number of hydrogen-bond donors (Lipinski definition) is 0. The SMILES string of the molecule is c1ccc(-c2ccc(N(c3ccc(-c4ccc(-c5ccccc5)c(-c5ccccc5)c4)cc3)c3cccc(-c4ccc5c(c4)c(-c4ccccc4)c(-c4ccccc4)c4ccccc45)c3)c(-c3ccccc3)c2)cc1. The van der Waals surface area contributed by atoms with Gasteiger partial charge in [0, 0.05) is 16.9 Å². The summed E-state index contributed by atoms with van der Waals surface area (Å²) < 4.78 is 0. The van der Waals surface area contributed by atoms with Gasteiger partial charge in [-0.1, -0.05) is 261 Å². The molecular formula is C74H51N. The molecule has 0 aliphatic heterocycles. The van der Waals surface area contributed by atoms with Gasteiger partial charge in [0.1, 0.15) is 0 Å². The first-order valence-electron chi connectivity index (χ1n) is 25.8. The molecule has 0 spiro atoms. The highest BCUT2D eigenvalue weighted by atomic mass is 15.1. The number of hydrogen-bond acceptors (Lipinski definition) is 1. The summed E-state index contributed by atoms with van der Waals surface area (Å²) in [6.45, 7) is 0. The first kappa shape index (κ1) is 45.1. The minimum absolute atomic E-state index is 1.06. The van der Waals surface area contributed by atoms with Crippen LogP contribution in [0.1, 0.15) is 0 Å². The maximum Gasteiger partial charge on any atom is 0.0540 e. The van der Waals surface area contributed by atoms with Crippen LogP contribution in [-0.2, 0) is 0 Å². The lowest BCUT2D eigenvalue weighted by Crippen LogP contribution is -2.11. The van der Waals surface area contributed by atoms with Gasteiger partial charge in [-0.2, -0.15) is 0 Å². The first-order valence-corrected chi connectivity index (χ1v) is 25.8. The predicted molar refractivity (Wildman–Crippen MR) is 320 cm³/mol. The summed E-state index contributed by atoms with van der Waals surface area (Å²) in [5.41, 5.74) is 22.2. The van der Waals surface area contributed by atoms with Crippen LogP contribution in [0.4, 0.5) is 17.1 Å². The van der Waals surface area contributed by atoms with E-state index in [1.165, 1.54) is 82.7 Å². The molecule has 75 heavy (non-hydrogen) atoms. The summed E-state index contributed by atoms with van der Waals surface area (Å²) in [4.78, 5) is 2.44. The molecule has 0 unspecified atom stereocenters. The van der Waals surface area contributed by atoms with Crippen molar-refractivity contribution in [2.24, 2.45) is 0 Å². The quantitative estimate of drug-likeness (QED) is 0.117. The van der Waals surface area contributed by atoms with E-state index in [0.29, 0.717) is 0 Å². The van der Waals surface area contributed by atoms with Gasteiger partial charge in [0.25, 0.3) is 0 Å². The number of fused-ring (bicyclic) bond motifs is 3. The largest absolute Gasteiger partial charge is 0.310 e. The Labute approximate surface area is 439 Å². The van der Waals surface area contributed by atoms with E-state index in [2.05, 4.69) is 314 Å². The third-order valence-electron chi connectivity index (χ3n) is 14.7. The van der Waals surface area contributed by atoms with Crippen LogP contribution in [-0.4, -0.2) is 0 Å². The van der Waals surface area contributed by atoms with Crippen LogP contribution in [0.15, 0.2) is 309 Å². The highest BCUT2D eigenvalue weighted by Crippen LogP contribution is 2.48. The topological polar surface area (TPSA) is 3.24 Å². The summed E-state index contributed by atoms with van der Waals surface area (Å²) in [6.07, 6.45) is 0. The Morgan fingerprint density at radius 3 is 1.16 bits per heavy atom. The fraction of sp³-hybridized carbons (Fsp3) is 0. The number of anilines is 3. The zero-order valence-corrected chi connectivity index (χ0v) is 41.4. The maximum absolute atomic E-state index is 2.44. The smallest absolute Gasteiger partial charge is 0.0540 e. The summed E-state index contributed by atoms with van der Waals surface area (Å²) in [5.74, 6) is 0. The van der Waals surface area contributed by atoms with Crippen molar-refractivity contribution in [3.63, 3.8) is 0 Å². The molecule has 0 amide bonds. The molecule has 0 fully saturated rings. The number of rotatable bonds is 11. The molecule has 0 atom stereocenters. The van der Waals surface area contributed by atoms with Gasteiger partial charge in [-0.3, -0.25) is 0 Å². The monoisotopic (exact) mass is 953 g/mol. The highest BCUT2D eigenvalue weighted by Gasteiger charge is 2.22. The van der Waals surface area contributed by atoms with Crippen molar-refractivity contribution in [1.29, 1.82) is 0 Å². The zero-order valence-electron chi connectivity index (χ0n) is 41.4. The molecule has 0 saturated heterocycles. The highest BCUT2D eigenvalue weighted by molar-refractivity contribution is 6.22. The summed E-state index contributed by atoms with van der Waals surface area (Å²) in [7, 11) is 0. The van der Waals surface area contributed by atoms with Gasteiger partial charge in [-0.05, 0) is 154 Å². The average Bonchev–Trinajstić information content (AvgIpc) is 3.52. The van der Waals surface area contributed by atoms with E-state index in [0.717, 1.165) is 44.9 Å². The molecule has 0 radical (unpaired) electrons. The van der Waals surface area contributed by atoms with Gasteiger partial charge in [0.05, 0.1) is 5.69 Å². The number of nitrogens with zero attached hydrogens (tertiary/aromatic N) is 1. The fourth-order valence-electron chi connectivity index (χ4n) is 11.1. The maximum atomic E-state index is 2.44. The van der Waals surface area contributed by atoms with Crippen molar-refractivity contribution in [3.8, 4) is 89.0 Å². The van der Waals surface area contributed by atoms with Crippen LogP contribution in [0, 0.1) is 0 Å². The van der Waals surface area contributed by atoms with Crippen molar-refractivity contribution in [1.82, 2.24) is 0 Å². The lowest BCUT2D eigenvalue weighted by atomic mass is 9.84. The van der Waals surface area contributed by atoms with Crippen molar-refractivity contribution < 1.29 is 0 Å². The van der Waals surface area contributed by atoms with Gasteiger partial charge in [-0.25, -0.2) is 0 Å². The second-order valence-electron chi connectivity index (χ2n) is 19.2.